The van der Waals surface area contributed by atoms with E-state index in [-0.39, 0.29) is 6.10 Å². The average molecular weight is 284 g/mol. The molecule has 0 aromatic heterocycles. The molecule has 0 fully saturated rings. The van der Waals surface area contributed by atoms with Crippen LogP contribution >= 0.6 is 0 Å². The van der Waals surface area contributed by atoms with Gasteiger partial charge in [-0.25, -0.2) is 0 Å². The maximum absolute atomic E-state index is 10.4. The highest BCUT2D eigenvalue weighted by Gasteiger charge is 2.27. The van der Waals surface area contributed by atoms with Gasteiger partial charge < -0.3 is 14.6 Å². The number of aryl methyl sites for hydroxylation is 1. The Morgan fingerprint density at radius 1 is 1.19 bits per heavy atom. The van der Waals surface area contributed by atoms with Crippen molar-refractivity contribution >= 4 is 0 Å². The van der Waals surface area contributed by atoms with E-state index in [0.717, 1.165) is 28.2 Å². The molecule has 2 aromatic carbocycles. The largest absolute Gasteiger partial charge is 0.494 e. The lowest BCUT2D eigenvalue weighted by atomic mass is 9.94. The summed E-state index contributed by atoms with van der Waals surface area (Å²) < 4.78 is 11.5. The minimum Gasteiger partial charge on any atom is -0.494 e. The summed E-state index contributed by atoms with van der Waals surface area (Å²) in [6.07, 6.45) is -0.0270. The molecule has 2 atom stereocenters. The monoisotopic (exact) mass is 284 g/mol. The third-order valence-corrected chi connectivity index (χ3v) is 3.79. The second-order valence-electron chi connectivity index (χ2n) is 5.40. The first kappa shape index (κ1) is 14.0. The molecule has 1 unspecified atom stereocenters. The van der Waals surface area contributed by atoms with Crippen LogP contribution in [0.15, 0.2) is 42.5 Å². The molecule has 0 saturated heterocycles. The van der Waals surface area contributed by atoms with Crippen LogP contribution in [0, 0.1) is 6.92 Å². The normalized spacial score (nSPS) is 20.5. The summed E-state index contributed by atoms with van der Waals surface area (Å²) in [5.74, 6) is 1.63. The molecule has 1 aliphatic rings. The SMILES string of the molecule is CCOc1ccc(C2C[C@H](O)c3cc(C)ccc3O2)cc1. The molecule has 3 nitrogen and oxygen atoms in total. The number of aliphatic hydroxyl groups is 1. The van der Waals surface area contributed by atoms with Gasteiger partial charge in [0.15, 0.2) is 0 Å². The first-order valence-corrected chi connectivity index (χ1v) is 7.35. The van der Waals surface area contributed by atoms with Gasteiger partial charge in [-0.2, -0.15) is 0 Å². The summed E-state index contributed by atoms with van der Waals surface area (Å²) in [6, 6.07) is 13.8. The number of rotatable bonds is 3. The molecule has 0 saturated carbocycles. The molecule has 1 heterocycles. The van der Waals surface area contributed by atoms with Gasteiger partial charge in [-0.15, -0.1) is 0 Å². The van der Waals surface area contributed by atoms with Gasteiger partial charge in [-0.05, 0) is 43.7 Å². The standard InChI is InChI=1S/C18H20O3/c1-3-20-14-7-5-13(6-8-14)18-11-16(19)15-10-12(2)4-9-17(15)21-18/h4-10,16,18-19H,3,11H2,1-2H3/t16-,18?/m0/s1. The molecule has 0 amide bonds. The lowest BCUT2D eigenvalue weighted by molar-refractivity contribution is 0.0656. The van der Waals surface area contributed by atoms with Crippen molar-refractivity contribution in [3.63, 3.8) is 0 Å². The predicted octanol–water partition coefficient (Wildman–Crippen LogP) is 3.95. The van der Waals surface area contributed by atoms with Crippen LogP contribution in [0.3, 0.4) is 0 Å². The van der Waals surface area contributed by atoms with Crippen molar-refractivity contribution in [2.75, 3.05) is 6.61 Å². The van der Waals surface area contributed by atoms with E-state index in [2.05, 4.69) is 0 Å². The number of benzene rings is 2. The van der Waals surface area contributed by atoms with E-state index in [1.807, 2.05) is 56.3 Å². The van der Waals surface area contributed by atoms with Crippen LogP contribution in [0.5, 0.6) is 11.5 Å². The highest BCUT2D eigenvalue weighted by Crippen LogP contribution is 2.41. The number of aliphatic hydroxyl groups excluding tert-OH is 1. The minimum atomic E-state index is -0.481. The van der Waals surface area contributed by atoms with Crippen LogP contribution in [0.1, 0.15) is 42.2 Å². The Morgan fingerprint density at radius 2 is 1.95 bits per heavy atom. The Kier molecular flexibility index (Phi) is 3.84. The van der Waals surface area contributed by atoms with E-state index in [4.69, 9.17) is 9.47 Å². The Bertz CT molecular complexity index is 619. The van der Waals surface area contributed by atoms with Crippen molar-refractivity contribution in [2.45, 2.75) is 32.5 Å². The zero-order valence-electron chi connectivity index (χ0n) is 12.4. The number of fused-ring (bicyclic) bond motifs is 1. The fourth-order valence-corrected chi connectivity index (χ4v) is 2.72. The first-order chi connectivity index (χ1) is 10.2. The fraction of sp³-hybridized carbons (Fsp3) is 0.333. The minimum absolute atomic E-state index is 0.120. The fourth-order valence-electron chi connectivity index (χ4n) is 2.72. The van der Waals surface area contributed by atoms with Gasteiger partial charge in [0.25, 0.3) is 0 Å². The summed E-state index contributed by atoms with van der Waals surface area (Å²) >= 11 is 0. The highest BCUT2D eigenvalue weighted by molar-refractivity contribution is 5.41. The summed E-state index contributed by atoms with van der Waals surface area (Å²) in [6.45, 7) is 4.64. The third kappa shape index (κ3) is 2.88. The van der Waals surface area contributed by atoms with Crippen molar-refractivity contribution in [1.82, 2.24) is 0 Å². The van der Waals surface area contributed by atoms with E-state index in [0.29, 0.717) is 13.0 Å². The zero-order chi connectivity index (χ0) is 14.8. The first-order valence-electron chi connectivity index (χ1n) is 7.35. The van der Waals surface area contributed by atoms with Gasteiger partial charge in [0.1, 0.15) is 17.6 Å². The predicted molar refractivity (Wildman–Crippen MR) is 81.7 cm³/mol. The summed E-state index contributed by atoms with van der Waals surface area (Å²) in [7, 11) is 0. The molecular formula is C18H20O3. The van der Waals surface area contributed by atoms with E-state index in [1.54, 1.807) is 0 Å². The third-order valence-electron chi connectivity index (χ3n) is 3.79. The van der Waals surface area contributed by atoms with E-state index in [1.165, 1.54) is 0 Å². The van der Waals surface area contributed by atoms with Crippen LogP contribution in [-0.4, -0.2) is 11.7 Å². The van der Waals surface area contributed by atoms with Gasteiger partial charge in [-0.1, -0.05) is 23.8 Å². The average Bonchev–Trinajstić information content (AvgIpc) is 2.49. The van der Waals surface area contributed by atoms with Crippen molar-refractivity contribution in [3.05, 3.63) is 59.2 Å². The van der Waals surface area contributed by atoms with Gasteiger partial charge >= 0.3 is 0 Å². The van der Waals surface area contributed by atoms with Crippen LogP contribution in [0.4, 0.5) is 0 Å². The highest BCUT2D eigenvalue weighted by atomic mass is 16.5. The van der Waals surface area contributed by atoms with Gasteiger partial charge in [0.05, 0.1) is 12.7 Å². The van der Waals surface area contributed by atoms with Gasteiger partial charge in [0, 0.05) is 12.0 Å². The van der Waals surface area contributed by atoms with Crippen molar-refractivity contribution in [2.24, 2.45) is 0 Å². The molecule has 1 aliphatic heterocycles. The number of hydrogen-bond acceptors (Lipinski definition) is 3. The molecule has 0 radical (unpaired) electrons. The Hall–Kier alpha value is -2.00. The van der Waals surface area contributed by atoms with Crippen LogP contribution in [-0.2, 0) is 0 Å². The topological polar surface area (TPSA) is 38.7 Å². The van der Waals surface area contributed by atoms with Gasteiger partial charge in [0.2, 0.25) is 0 Å². The molecule has 0 bridgehead atoms. The van der Waals surface area contributed by atoms with Gasteiger partial charge in [-0.3, -0.25) is 0 Å². The van der Waals surface area contributed by atoms with Crippen LogP contribution in [0.25, 0.3) is 0 Å². The summed E-state index contributed by atoms with van der Waals surface area (Å²) in [5.41, 5.74) is 3.08. The van der Waals surface area contributed by atoms with E-state index in [9.17, 15) is 5.11 Å². The number of ether oxygens (including phenoxy) is 2. The van der Waals surface area contributed by atoms with E-state index >= 15 is 0 Å². The van der Waals surface area contributed by atoms with Crippen LogP contribution < -0.4 is 9.47 Å². The van der Waals surface area contributed by atoms with Crippen molar-refractivity contribution < 1.29 is 14.6 Å². The lowest BCUT2D eigenvalue weighted by Gasteiger charge is -2.30. The lowest BCUT2D eigenvalue weighted by Crippen LogP contribution is -2.19. The Morgan fingerprint density at radius 3 is 2.67 bits per heavy atom. The molecule has 0 spiro atoms. The second kappa shape index (κ2) is 5.78. The number of hydrogen-bond donors (Lipinski definition) is 1. The molecular weight excluding hydrogens is 264 g/mol. The summed E-state index contributed by atoms with van der Waals surface area (Å²) in [4.78, 5) is 0. The maximum atomic E-state index is 10.4. The molecule has 1 N–H and O–H groups in total. The second-order valence-corrected chi connectivity index (χ2v) is 5.40. The Balaban J connectivity index is 1.83. The molecule has 2 aromatic rings. The summed E-state index contributed by atoms with van der Waals surface area (Å²) in [5, 5.41) is 10.4. The Labute approximate surface area is 125 Å². The van der Waals surface area contributed by atoms with Crippen molar-refractivity contribution in [1.29, 1.82) is 0 Å². The zero-order valence-corrected chi connectivity index (χ0v) is 12.4. The quantitative estimate of drug-likeness (QED) is 0.927. The van der Waals surface area contributed by atoms with Crippen LogP contribution in [0.2, 0.25) is 0 Å². The molecule has 0 aliphatic carbocycles. The van der Waals surface area contributed by atoms with E-state index < -0.39 is 6.10 Å². The molecule has 3 rings (SSSR count). The molecule has 110 valence electrons. The smallest absolute Gasteiger partial charge is 0.127 e. The van der Waals surface area contributed by atoms with Crippen molar-refractivity contribution in [3.8, 4) is 11.5 Å². The molecule has 21 heavy (non-hydrogen) atoms. The maximum Gasteiger partial charge on any atom is 0.127 e. The molecule has 3 heteroatoms.